The first-order chi connectivity index (χ1) is 7.58. The standard InChI is InChI=1S/C10H24N2O4/c1-2-8(14)10(16)12(6-5-11)9(15)4-3-7-13/h8-10,13-16H,2-7,11H2,1H3. The average Bonchev–Trinajstić information content (AvgIpc) is 2.30. The first kappa shape index (κ1) is 15.8. The largest absolute Gasteiger partial charge is 0.396 e. The first-order valence-electron chi connectivity index (χ1n) is 5.69. The Kier molecular flexibility index (Phi) is 8.73. The predicted molar refractivity (Wildman–Crippen MR) is 60.4 cm³/mol. The molecule has 16 heavy (non-hydrogen) atoms. The summed E-state index contributed by atoms with van der Waals surface area (Å²) in [6.45, 7) is 2.31. The molecule has 0 rings (SSSR count). The molecule has 0 radical (unpaired) electrons. The minimum Gasteiger partial charge on any atom is -0.396 e. The molecule has 6 nitrogen and oxygen atoms in total. The molecular weight excluding hydrogens is 212 g/mol. The smallest absolute Gasteiger partial charge is 0.135 e. The van der Waals surface area contributed by atoms with Crippen LogP contribution in [0.15, 0.2) is 0 Å². The fraction of sp³-hybridized carbons (Fsp3) is 1.00. The summed E-state index contributed by atoms with van der Waals surface area (Å²) in [4.78, 5) is 1.35. The zero-order valence-corrected chi connectivity index (χ0v) is 9.79. The van der Waals surface area contributed by atoms with Crippen molar-refractivity contribution in [1.82, 2.24) is 4.90 Å². The Hall–Kier alpha value is -0.240. The summed E-state index contributed by atoms with van der Waals surface area (Å²) in [6, 6.07) is 0. The molecule has 0 aliphatic rings. The summed E-state index contributed by atoms with van der Waals surface area (Å²) in [6.07, 6.45) is -1.75. The molecule has 0 aromatic heterocycles. The second-order valence-electron chi connectivity index (χ2n) is 3.76. The highest BCUT2D eigenvalue weighted by Crippen LogP contribution is 2.11. The number of hydrogen-bond donors (Lipinski definition) is 5. The fourth-order valence-corrected chi connectivity index (χ4v) is 1.48. The molecule has 0 aromatic carbocycles. The van der Waals surface area contributed by atoms with Gasteiger partial charge in [-0.1, -0.05) is 6.92 Å². The van der Waals surface area contributed by atoms with Crippen molar-refractivity contribution in [2.45, 2.75) is 44.7 Å². The molecule has 0 saturated carbocycles. The fourth-order valence-electron chi connectivity index (χ4n) is 1.48. The minimum absolute atomic E-state index is 0.0139. The number of hydrogen-bond acceptors (Lipinski definition) is 6. The maximum atomic E-state index is 9.78. The first-order valence-corrected chi connectivity index (χ1v) is 5.69. The van der Waals surface area contributed by atoms with Crippen molar-refractivity contribution >= 4 is 0 Å². The molecule has 0 bridgehead atoms. The van der Waals surface area contributed by atoms with E-state index in [1.165, 1.54) is 4.90 Å². The van der Waals surface area contributed by atoms with Crippen molar-refractivity contribution in [3.8, 4) is 0 Å². The molecule has 6 heteroatoms. The van der Waals surface area contributed by atoms with E-state index in [1.54, 1.807) is 6.92 Å². The number of nitrogens with zero attached hydrogens (tertiary/aromatic N) is 1. The topological polar surface area (TPSA) is 110 Å². The van der Waals surface area contributed by atoms with Gasteiger partial charge in [-0.15, -0.1) is 0 Å². The Bertz CT molecular complexity index is 171. The normalized spacial score (nSPS) is 17.4. The zero-order valence-electron chi connectivity index (χ0n) is 9.79. The van der Waals surface area contributed by atoms with Gasteiger partial charge in [0.15, 0.2) is 0 Å². The van der Waals surface area contributed by atoms with Crippen LogP contribution in [-0.2, 0) is 0 Å². The highest BCUT2D eigenvalue weighted by Gasteiger charge is 2.26. The van der Waals surface area contributed by atoms with Crippen LogP contribution in [0.25, 0.3) is 0 Å². The van der Waals surface area contributed by atoms with E-state index in [9.17, 15) is 15.3 Å². The molecule has 0 fully saturated rings. The number of rotatable bonds is 9. The summed E-state index contributed by atoms with van der Waals surface area (Å²) in [5.74, 6) is 0. The lowest BCUT2D eigenvalue weighted by Gasteiger charge is -2.34. The summed E-state index contributed by atoms with van der Waals surface area (Å²) in [5, 5.41) is 37.7. The molecule has 0 saturated heterocycles. The number of nitrogens with two attached hydrogens (primary N) is 1. The molecule has 6 N–H and O–H groups in total. The Balaban J connectivity index is 4.33. The van der Waals surface area contributed by atoms with Gasteiger partial charge < -0.3 is 26.2 Å². The van der Waals surface area contributed by atoms with Crippen molar-refractivity contribution < 1.29 is 20.4 Å². The van der Waals surface area contributed by atoms with Crippen molar-refractivity contribution in [2.75, 3.05) is 19.7 Å². The lowest BCUT2D eigenvalue weighted by atomic mass is 10.2. The second kappa shape index (κ2) is 8.86. The van der Waals surface area contributed by atoms with Gasteiger partial charge in [-0.25, -0.2) is 4.90 Å². The summed E-state index contributed by atoms with van der Waals surface area (Å²) in [7, 11) is 0. The third-order valence-corrected chi connectivity index (χ3v) is 2.49. The van der Waals surface area contributed by atoms with Crippen LogP contribution in [0.4, 0.5) is 0 Å². The molecule has 0 aliphatic heterocycles. The van der Waals surface area contributed by atoms with Crippen LogP contribution < -0.4 is 5.73 Å². The van der Waals surface area contributed by atoms with Crippen LogP contribution in [0.5, 0.6) is 0 Å². The lowest BCUT2D eigenvalue weighted by Crippen LogP contribution is -2.50. The van der Waals surface area contributed by atoms with E-state index in [1.807, 2.05) is 0 Å². The molecular formula is C10H24N2O4. The Morgan fingerprint density at radius 1 is 1.25 bits per heavy atom. The van der Waals surface area contributed by atoms with Crippen LogP contribution in [0.1, 0.15) is 26.2 Å². The molecule has 3 atom stereocenters. The zero-order chi connectivity index (χ0) is 12.6. The minimum atomic E-state index is -1.12. The van der Waals surface area contributed by atoms with E-state index in [2.05, 4.69) is 0 Å². The van der Waals surface area contributed by atoms with E-state index in [4.69, 9.17) is 10.8 Å². The van der Waals surface area contributed by atoms with E-state index in [0.717, 1.165) is 0 Å². The SMILES string of the molecule is CCC(O)C(O)N(CCN)C(O)CCCO. The van der Waals surface area contributed by atoms with Crippen LogP contribution >= 0.6 is 0 Å². The third-order valence-electron chi connectivity index (χ3n) is 2.49. The molecule has 3 unspecified atom stereocenters. The highest BCUT2D eigenvalue weighted by molar-refractivity contribution is 4.71. The van der Waals surface area contributed by atoms with Crippen molar-refractivity contribution in [2.24, 2.45) is 5.73 Å². The van der Waals surface area contributed by atoms with E-state index in [0.29, 0.717) is 25.8 Å². The maximum absolute atomic E-state index is 9.78. The van der Waals surface area contributed by atoms with E-state index in [-0.39, 0.29) is 13.2 Å². The monoisotopic (exact) mass is 236 g/mol. The molecule has 98 valence electrons. The Morgan fingerprint density at radius 3 is 2.31 bits per heavy atom. The van der Waals surface area contributed by atoms with Gasteiger partial charge in [-0.05, 0) is 19.3 Å². The van der Waals surface area contributed by atoms with Gasteiger partial charge in [0.25, 0.3) is 0 Å². The maximum Gasteiger partial charge on any atom is 0.135 e. The second-order valence-corrected chi connectivity index (χ2v) is 3.76. The number of aliphatic hydroxyl groups is 4. The van der Waals surface area contributed by atoms with Gasteiger partial charge in [-0.3, -0.25) is 0 Å². The van der Waals surface area contributed by atoms with Crippen LogP contribution in [0, 0.1) is 0 Å². The Morgan fingerprint density at radius 2 is 1.88 bits per heavy atom. The summed E-state index contributed by atoms with van der Waals surface area (Å²) >= 11 is 0. The molecule has 0 heterocycles. The lowest BCUT2D eigenvalue weighted by molar-refractivity contribution is -0.149. The van der Waals surface area contributed by atoms with Crippen LogP contribution in [0.2, 0.25) is 0 Å². The van der Waals surface area contributed by atoms with Gasteiger partial charge in [0, 0.05) is 19.7 Å². The molecule has 0 aromatic rings. The quantitative estimate of drug-likeness (QED) is 0.309. The van der Waals surface area contributed by atoms with Gasteiger partial charge >= 0.3 is 0 Å². The van der Waals surface area contributed by atoms with Crippen molar-refractivity contribution in [3.05, 3.63) is 0 Å². The van der Waals surface area contributed by atoms with Crippen molar-refractivity contribution in [3.63, 3.8) is 0 Å². The molecule has 0 aliphatic carbocycles. The number of aliphatic hydroxyl groups excluding tert-OH is 4. The molecule has 0 amide bonds. The average molecular weight is 236 g/mol. The van der Waals surface area contributed by atoms with Gasteiger partial charge in [0.1, 0.15) is 12.5 Å². The predicted octanol–water partition coefficient (Wildman–Crippen LogP) is -1.57. The van der Waals surface area contributed by atoms with Gasteiger partial charge in [-0.2, -0.15) is 0 Å². The van der Waals surface area contributed by atoms with E-state index < -0.39 is 18.6 Å². The van der Waals surface area contributed by atoms with Crippen molar-refractivity contribution in [1.29, 1.82) is 0 Å². The molecule has 0 spiro atoms. The third kappa shape index (κ3) is 5.20. The van der Waals surface area contributed by atoms with Crippen LogP contribution in [-0.4, -0.2) is 63.6 Å². The van der Waals surface area contributed by atoms with Crippen LogP contribution in [0.3, 0.4) is 0 Å². The summed E-state index contributed by atoms with van der Waals surface area (Å²) in [5.41, 5.74) is 5.38. The highest BCUT2D eigenvalue weighted by atomic mass is 16.4. The Labute approximate surface area is 96.3 Å². The van der Waals surface area contributed by atoms with E-state index >= 15 is 0 Å². The van der Waals surface area contributed by atoms with Gasteiger partial charge in [0.05, 0.1) is 6.10 Å². The van der Waals surface area contributed by atoms with Gasteiger partial charge in [0.2, 0.25) is 0 Å². The summed E-state index contributed by atoms with van der Waals surface area (Å²) < 4.78 is 0.